The number of rotatable bonds is 6. The first kappa shape index (κ1) is 20.8. The average Bonchev–Trinajstić information content (AvgIpc) is 2.71. The Kier molecular flexibility index (Phi) is 5.90. The third kappa shape index (κ3) is 4.41. The highest BCUT2D eigenvalue weighted by molar-refractivity contribution is 7.89. The highest BCUT2D eigenvalue weighted by Gasteiger charge is 2.22. The number of hydrogen-bond donors (Lipinski definition) is 0. The molecule has 1 aliphatic heterocycles. The molecule has 0 saturated heterocycles. The first-order valence-electron chi connectivity index (χ1n) is 8.83. The number of Topliss-reactive ketones (excluding diaryl/α,β-unsaturated/α-hetero) is 1. The molecule has 9 heteroatoms. The van der Waals surface area contributed by atoms with Crippen LogP contribution in [-0.4, -0.2) is 58.4 Å². The largest absolute Gasteiger partial charge is 0.486 e. The Balaban J connectivity index is 1.73. The van der Waals surface area contributed by atoms with Gasteiger partial charge in [0.05, 0.1) is 10.5 Å². The van der Waals surface area contributed by atoms with Gasteiger partial charge in [0.15, 0.2) is 23.9 Å². The second-order valence-corrected chi connectivity index (χ2v) is 8.77. The fourth-order valence-electron chi connectivity index (χ4n) is 2.70. The molecule has 29 heavy (non-hydrogen) atoms. The Morgan fingerprint density at radius 1 is 1.03 bits per heavy atom. The van der Waals surface area contributed by atoms with Gasteiger partial charge in [-0.2, -0.15) is 0 Å². The molecule has 3 rings (SSSR count). The molecule has 0 bridgehead atoms. The summed E-state index contributed by atoms with van der Waals surface area (Å²) in [7, 11) is -0.896. The zero-order chi connectivity index (χ0) is 21.2. The van der Waals surface area contributed by atoms with Crippen molar-refractivity contribution in [1.82, 2.24) is 4.31 Å². The summed E-state index contributed by atoms with van der Waals surface area (Å²) in [6.45, 7) is 2.01. The number of carbonyl (C=O) groups excluding carboxylic acids is 2. The van der Waals surface area contributed by atoms with Crippen LogP contribution in [0.4, 0.5) is 0 Å². The highest BCUT2D eigenvalue weighted by Crippen LogP contribution is 2.30. The van der Waals surface area contributed by atoms with Crippen LogP contribution < -0.4 is 9.47 Å². The number of esters is 1. The maximum atomic E-state index is 12.5. The van der Waals surface area contributed by atoms with Crippen LogP contribution in [0.5, 0.6) is 11.5 Å². The normalized spacial score (nSPS) is 13.2. The van der Waals surface area contributed by atoms with Crippen molar-refractivity contribution in [3.8, 4) is 11.5 Å². The molecule has 0 atom stereocenters. The molecule has 0 amide bonds. The predicted octanol–water partition coefficient (Wildman–Crippen LogP) is 2.06. The van der Waals surface area contributed by atoms with Crippen LogP contribution in [0, 0.1) is 6.92 Å². The van der Waals surface area contributed by atoms with Crippen molar-refractivity contribution < 1.29 is 32.2 Å². The van der Waals surface area contributed by atoms with Crippen LogP contribution >= 0.6 is 0 Å². The van der Waals surface area contributed by atoms with Crippen molar-refractivity contribution in [1.29, 1.82) is 0 Å². The van der Waals surface area contributed by atoms with Gasteiger partial charge < -0.3 is 14.2 Å². The molecule has 2 aromatic carbocycles. The summed E-state index contributed by atoms with van der Waals surface area (Å²) < 4.78 is 41.6. The molecule has 0 radical (unpaired) electrons. The number of ether oxygens (including phenoxy) is 3. The Labute approximate surface area is 169 Å². The minimum absolute atomic E-state index is 0.0294. The quantitative estimate of drug-likeness (QED) is 0.522. The van der Waals surface area contributed by atoms with Crippen molar-refractivity contribution >= 4 is 21.8 Å². The van der Waals surface area contributed by atoms with Gasteiger partial charge in [0, 0.05) is 19.7 Å². The van der Waals surface area contributed by atoms with E-state index in [0.717, 1.165) is 4.31 Å². The van der Waals surface area contributed by atoms with E-state index in [4.69, 9.17) is 14.2 Å². The standard InChI is InChI=1S/C20H21NO7S/c1-13-4-6-15(29(24,25)21(2)3)11-16(13)20(23)28-12-17(22)14-5-7-18-19(10-14)27-9-8-26-18/h4-7,10-11H,8-9,12H2,1-3H3. The van der Waals surface area contributed by atoms with Crippen molar-refractivity contribution in [3.05, 3.63) is 53.1 Å². The van der Waals surface area contributed by atoms with E-state index in [1.807, 2.05) is 0 Å². The van der Waals surface area contributed by atoms with E-state index in [0.29, 0.717) is 35.8 Å². The van der Waals surface area contributed by atoms with Gasteiger partial charge in [0.1, 0.15) is 13.2 Å². The number of carbonyl (C=O) groups is 2. The maximum absolute atomic E-state index is 12.5. The minimum atomic E-state index is -3.70. The number of benzene rings is 2. The Hall–Kier alpha value is -2.91. The SMILES string of the molecule is Cc1ccc(S(=O)(=O)N(C)C)cc1C(=O)OCC(=O)c1ccc2c(c1)OCCO2. The molecular formula is C20H21NO7S. The van der Waals surface area contributed by atoms with E-state index in [1.54, 1.807) is 25.1 Å². The van der Waals surface area contributed by atoms with Gasteiger partial charge in [0.2, 0.25) is 10.0 Å². The van der Waals surface area contributed by atoms with Crippen LogP contribution in [0.3, 0.4) is 0 Å². The lowest BCUT2D eigenvalue weighted by atomic mass is 10.1. The van der Waals surface area contributed by atoms with Crippen molar-refractivity contribution in [3.63, 3.8) is 0 Å². The van der Waals surface area contributed by atoms with Gasteiger partial charge in [-0.05, 0) is 42.8 Å². The van der Waals surface area contributed by atoms with Crippen molar-refractivity contribution in [2.75, 3.05) is 33.9 Å². The Morgan fingerprint density at radius 2 is 1.72 bits per heavy atom. The molecule has 154 valence electrons. The predicted molar refractivity (Wildman–Crippen MR) is 104 cm³/mol. The molecule has 0 aromatic heterocycles. The van der Waals surface area contributed by atoms with E-state index in [1.165, 1.54) is 32.3 Å². The zero-order valence-corrected chi connectivity index (χ0v) is 17.1. The third-order valence-corrected chi connectivity index (χ3v) is 6.22. The highest BCUT2D eigenvalue weighted by atomic mass is 32.2. The van der Waals surface area contributed by atoms with Gasteiger partial charge in [-0.25, -0.2) is 17.5 Å². The summed E-state index contributed by atoms with van der Waals surface area (Å²) in [6, 6.07) is 8.93. The van der Waals surface area contributed by atoms with E-state index in [2.05, 4.69) is 0 Å². The summed E-state index contributed by atoms with van der Waals surface area (Å²) in [6.07, 6.45) is 0. The fraction of sp³-hybridized carbons (Fsp3) is 0.300. The molecular weight excluding hydrogens is 398 g/mol. The lowest BCUT2D eigenvalue weighted by molar-refractivity contribution is 0.0473. The van der Waals surface area contributed by atoms with Crippen LogP contribution in [0.2, 0.25) is 0 Å². The van der Waals surface area contributed by atoms with Gasteiger partial charge >= 0.3 is 5.97 Å². The monoisotopic (exact) mass is 419 g/mol. The number of ketones is 1. The molecule has 0 spiro atoms. The second-order valence-electron chi connectivity index (χ2n) is 6.62. The van der Waals surface area contributed by atoms with Crippen molar-refractivity contribution in [2.24, 2.45) is 0 Å². The van der Waals surface area contributed by atoms with Gasteiger partial charge in [-0.3, -0.25) is 4.79 Å². The lowest BCUT2D eigenvalue weighted by Crippen LogP contribution is -2.23. The Morgan fingerprint density at radius 3 is 2.41 bits per heavy atom. The second kappa shape index (κ2) is 8.22. The molecule has 1 heterocycles. The summed E-state index contributed by atoms with van der Waals surface area (Å²) in [5.41, 5.74) is 0.949. The lowest BCUT2D eigenvalue weighted by Gasteiger charge is -2.18. The molecule has 0 aliphatic carbocycles. The average molecular weight is 419 g/mol. The zero-order valence-electron chi connectivity index (χ0n) is 16.3. The molecule has 0 fully saturated rings. The first-order valence-corrected chi connectivity index (χ1v) is 10.3. The number of hydrogen-bond acceptors (Lipinski definition) is 7. The smallest absolute Gasteiger partial charge is 0.338 e. The topological polar surface area (TPSA) is 99.2 Å². The minimum Gasteiger partial charge on any atom is -0.486 e. The Bertz CT molecular complexity index is 1060. The van der Waals surface area contributed by atoms with Crippen LogP contribution in [0.25, 0.3) is 0 Å². The summed E-state index contributed by atoms with van der Waals surface area (Å²) in [4.78, 5) is 24.8. The van der Waals surface area contributed by atoms with Crippen LogP contribution in [-0.2, 0) is 14.8 Å². The van der Waals surface area contributed by atoms with E-state index in [9.17, 15) is 18.0 Å². The van der Waals surface area contributed by atoms with E-state index < -0.39 is 28.4 Å². The van der Waals surface area contributed by atoms with Gasteiger partial charge in [0.25, 0.3) is 0 Å². The van der Waals surface area contributed by atoms with Crippen molar-refractivity contribution in [2.45, 2.75) is 11.8 Å². The number of sulfonamides is 1. The van der Waals surface area contributed by atoms with E-state index in [-0.39, 0.29) is 10.5 Å². The molecule has 8 nitrogen and oxygen atoms in total. The van der Waals surface area contributed by atoms with Gasteiger partial charge in [-0.15, -0.1) is 0 Å². The molecule has 1 aliphatic rings. The van der Waals surface area contributed by atoms with Crippen LogP contribution in [0.1, 0.15) is 26.3 Å². The van der Waals surface area contributed by atoms with E-state index >= 15 is 0 Å². The van der Waals surface area contributed by atoms with Crippen LogP contribution in [0.15, 0.2) is 41.3 Å². The number of fused-ring (bicyclic) bond motifs is 1. The molecule has 2 aromatic rings. The summed E-state index contributed by atoms with van der Waals surface area (Å²) in [5, 5.41) is 0. The number of nitrogens with zero attached hydrogens (tertiary/aromatic N) is 1. The molecule has 0 saturated carbocycles. The summed E-state index contributed by atoms with van der Waals surface area (Å²) in [5.74, 6) is -0.167. The molecule has 0 unspecified atom stereocenters. The third-order valence-electron chi connectivity index (χ3n) is 4.41. The number of aryl methyl sites for hydroxylation is 1. The maximum Gasteiger partial charge on any atom is 0.338 e. The fourth-order valence-corrected chi connectivity index (χ4v) is 3.63. The summed E-state index contributed by atoms with van der Waals surface area (Å²) >= 11 is 0. The molecule has 0 N–H and O–H groups in total. The van der Waals surface area contributed by atoms with Gasteiger partial charge in [-0.1, -0.05) is 6.07 Å². The first-order chi connectivity index (χ1) is 13.7.